The van der Waals surface area contributed by atoms with Gasteiger partial charge in [-0.05, 0) is 25.1 Å². The molecule has 3 rings (SSSR count). The molecule has 0 bridgehead atoms. The molecule has 1 aromatic carbocycles. The van der Waals surface area contributed by atoms with E-state index in [1.54, 1.807) is 25.1 Å². The number of anilines is 1. The standard InChI is InChI=1S/C21H22N4O7/c1-11-8-13(20(28)32-5)17-18(22-11)24(2)21(29)25(19(17)27)10-16(26)23-14-9-12(30-3)6-7-15(14)31-4/h6-9H,10H2,1-5H3,(H,23,26). The van der Waals surface area contributed by atoms with Gasteiger partial charge in [0.1, 0.15) is 23.7 Å². The van der Waals surface area contributed by atoms with E-state index in [1.807, 2.05) is 0 Å². The van der Waals surface area contributed by atoms with Gasteiger partial charge in [0, 0.05) is 18.8 Å². The van der Waals surface area contributed by atoms with Crippen LogP contribution in [-0.4, -0.2) is 47.3 Å². The van der Waals surface area contributed by atoms with Crippen molar-refractivity contribution < 1.29 is 23.8 Å². The second kappa shape index (κ2) is 8.92. The number of hydrogen-bond donors (Lipinski definition) is 1. The molecule has 0 unspecified atom stereocenters. The second-order valence-electron chi connectivity index (χ2n) is 6.85. The van der Waals surface area contributed by atoms with Crippen molar-refractivity contribution in [2.75, 3.05) is 26.6 Å². The van der Waals surface area contributed by atoms with Crippen LogP contribution in [0.2, 0.25) is 0 Å². The van der Waals surface area contributed by atoms with Gasteiger partial charge in [-0.25, -0.2) is 14.6 Å². The fraction of sp³-hybridized carbons (Fsp3) is 0.286. The first-order valence-corrected chi connectivity index (χ1v) is 9.43. The van der Waals surface area contributed by atoms with Crippen molar-refractivity contribution in [3.05, 3.63) is 56.4 Å². The molecule has 0 atom stereocenters. The van der Waals surface area contributed by atoms with Gasteiger partial charge in [-0.15, -0.1) is 0 Å². The van der Waals surface area contributed by atoms with Gasteiger partial charge < -0.3 is 19.5 Å². The highest BCUT2D eigenvalue weighted by Gasteiger charge is 2.22. The Morgan fingerprint density at radius 1 is 1.09 bits per heavy atom. The van der Waals surface area contributed by atoms with Crippen molar-refractivity contribution in [3.63, 3.8) is 0 Å². The van der Waals surface area contributed by atoms with Crippen LogP contribution in [0.4, 0.5) is 5.69 Å². The zero-order chi connectivity index (χ0) is 23.6. The van der Waals surface area contributed by atoms with Crippen molar-refractivity contribution >= 4 is 28.6 Å². The lowest BCUT2D eigenvalue weighted by molar-refractivity contribution is -0.116. The SMILES string of the molecule is COC(=O)c1cc(C)nc2c1c(=O)n(CC(=O)Nc1cc(OC)ccc1OC)c(=O)n2C. The molecule has 0 saturated carbocycles. The number of rotatable bonds is 6. The van der Waals surface area contributed by atoms with Crippen LogP contribution in [-0.2, 0) is 23.1 Å². The summed E-state index contributed by atoms with van der Waals surface area (Å²) in [6, 6.07) is 6.19. The summed E-state index contributed by atoms with van der Waals surface area (Å²) in [4.78, 5) is 55.1. The fourth-order valence-corrected chi connectivity index (χ4v) is 3.26. The summed E-state index contributed by atoms with van der Waals surface area (Å²) in [5.74, 6) is -0.572. The number of ether oxygens (including phenoxy) is 3. The van der Waals surface area contributed by atoms with Crippen LogP contribution in [0.3, 0.4) is 0 Å². The number of pyridine rings is 1. The highest BCUT2D eigenvalue weighted by molar-refractivity contribution is 6.02. The zero-order valence-electron chi connectivity index (χ0n) is 18.2. The van der Waals surface area contributed by atoms with Crippen LogP contribution < -0.4 is 26.0 Å². The third-order valence-electron chi connectivity index (χ3n) is 4.81. The first-order valence-electron chi connectivity index (χ1n) is 9.43. The number of benzene rings is 1. The van der Waals surface area contributed by atoms with E-state index in [2.05, 4.69) is 10.3 Å². The third kappa shape index (κ3) is 4.04. The fourth-order valence-electron chi connectivity index (χ4n) is 3.26. The Hall–Kier alpha value is -4.15. The smallest absolute Gasteiger partial charge is 0.338 e. The minimum Gasteiger partial charge on any atom is -0.497 e. The van der Waals surface area contributed by atoms with Crippen molar-refractivity contribution in [3.8, 4) is 11.5 Å². The normalized spacial score (nSPS) is 10.7. The van der Waals surface area contributed by atoms with Gasteiger partial charge in [0.15, 0.2) is 0 Å². The maximum absolute atomic E-state index is 13.1. The molecule has 0 saturated heterocycles. The molecular formula is C21H22N4O7. The minimum absolute atomic E-state index is 0.0199. The van der Waals surface area contributed by atoms with E-state index in [-0.39, 0.29) is 16.6 Å². The Bertz CT molecular complexity index is 1340. The molecule has 168 valence electrons. The molecular weight excluding hydrogens is 420 g/mol. The van der Waals surface area contributed by atoms with Crippen molar-refractivity contribution in [1.82, 2.24) is 14.1 Å². The average Bonchev–Trinajstić information content (AvgIpc) is 2.79. The summed E-state index contributed by atoms with van der Waals surface area (Å²) in [6.07, 6.45) is 0. The van der Waals surface area contributed by atoms with Gasteiger partial charge in [0.05, 0.1) is 38.0 Å². The molecule has 2 aromatic heterocycles. The Kier molecular flexibility index (Phi) is 6.28. The van der Waals surface area contributed by atoms with Gasteiger partial charge in [-0.2, -0.15) is 0 Å². The number of aryl methyl sites for hydroxylation is 2. The van der Waals surface area contributed by atoms with E-state index in [0.29, 0.717) is 22.9 Å². The Balaban J connectivity index is 2.09. The number of aromatic nitrogens is 3. The van der Waals surface area contributed by atoms with Crippen molar-refractivity contribution in [2.24, 2.45) is 7.05 Å². The van der Waals surface area contributed by atoms with Gasteiger partial charge in [-0.1, -0.05) is 0 Å². The molecule has 0 spiro atoms. The number of nitrogens with one attached hydrogen (secondary N) is 1. The number of hydrogen-bond acceptors (Lipinski definition) is 8. The number of nitrogens with zero attached hydrogens (tertiary/aromatic N) is 3. The molecule has 0 aliphatic carbocycles. The number of esters is 1. The van der Waals surface area contributed by atoms with E-state index in [4.69, 9.17) is 14.2 Å². The summed E-state index contributed by atoms with van der Waals surface area (Å²) in [6.45, 7) is 1.02. The van der Waals surface area contributed by atoms with Crippen LogP contribution in [0.15, 0.2) is 33.9 Å². The van der Waals surface area contributed by atoms with Crippen LogP contribution in [0, 0.1) is 6.92 Å². The topological polar surface area (TPSA) is 131 Å². The largest absolute Gasteiger partial charge is 0.497 e. The molecule has 32 heavy (non-hydrogen) atoms. The number of amides is 1. The third-order valence-corrected chi connectivity index (χ3v) is 4.81. The summed E-state index contributed by atoms with van der Waals surface area (Å²) >= 11 is 0. The molecule has 0 radical (unpaired) electrons. The summed E-state index contributed by atoms with van der Waals surface area (Å²) < 4.78 is 17.0. The first-order chi connectivity index (χ1) is 15.2. The van der Waals surface area contributed by atoms with E-state index < -0.39 is 29.7 Å². The maximum Gasteiger partial charge on any atom is 0.338 e. The average molecular weight is 442 g/mol. The van der Waals surface area contributed by atoms with Crippen LogP contribution in [0.5, 0.6) is 11.5 Å². The van der Waals surface area contributed by atoms with Gasteiger partial charge >= 0.3 is 11.7 Å². The molecule has 0 aliphatic heterocycles. The monoisotopic (exact) mass is 442 g/mol. The van der Waals surface area contributed by atoms with Gasteiger partial charge in [0.2, 0.25) is 5.91 Å². The lowest BCUT2D eigenvalue weighted by Gasteiger charge is -2.14. The predicted molar refractivity (Wildman–Crippen MR) is 115 cm³/mol. The number of carbonyl (C=O) groups excluding carboxylic acids is 2. The molecule has 3 aromatic rings. The lowest BCUT2D eigenvalue weighted by Crippen LogP contribution is -2.42. The van der Waals surface area contributed by atoms with E-state index in [1.165, 1.54) is 34.4 Å². The molecule has 11 heteroatoms. The van der Waals surface area contributed by atoms with Gasteiger partial charge in [-0.3, -0.25) is 18.7 Å². The summed E-state index contributed by atoms with van der Waals surface area (Å²) in [5.41, 5.74) is -0.887. The molecule has 1 N–H and O–H groups in total. The zero-order valence-corrected chi connectivity index (χ0v) is 18.2. The maximum atomic E-state index is 13.1. The van der Waals surface area contributed by atoms with Crippen molar-refractivity contribution in [1.29, 1.82) is 0 Å². The Morgan fingerprint density at radius 3 is 2.44 bits per heavy atom. The molecule has 0 aliphatic rings. The summed E-state index contributed by atoms with van der Waals surface area (Å²) in [5, 5.41) is 2.49. The first kappa shape index (κ1) is 22.5. The Morgan fingerprint density at radius 2 is 1.81 bits per heavy atom. The lowest BCUT2D eigenvalue weighted by atomic mass is 10.1. The molecule has 11 nitrogen and oxygen atoms in total. The molecule has 0 fully saturated rings. The van der Waals surface area contributed by atoms with Crippen molar-refractivity contribution in [2.45, 2.75) is 13.5 Å². The van der Waals surface area contributed by atoms with E-state index >= 15 is 0 Å². The van der Waals surface area contributed by atoms with E-state index in [0.717, 1.165) is 9.13 Å². The highest BCUT2D eigenvalue weighted by atomic mass is 16.5. The van der Waals surface area contributed by atoms with Crippen LogP contribution in [0.25, 0.3) is 11.0 Å². The van der Waals surface area contributed by atoms with Gasteiger partial charge in [0.25, 0.3) is 5.56 Å². The Labute approximate surface area is 182 Å². The molecule has 2 heterocycles. The quantitative estimate of drug-likeness (QED) is 0.556. The number of methoxy groups -OCH3 is 3. The minimum atomic E-state index is -0.830. The summed E-state index contributed by atoms with van der Waals surface area (Å²) in [7, 11) is 5.49. The molecule has 1 amide bonds. The van der Waals surface area contributed by atoms with Crippen LogP contribution in [0.1, 0.15) is 16.1 Å². The number of fused-ring (bicyclic) bond motifs is 1. The second-order valence-corrected chi connectivity index (χ2v) is 6.85. The highest BCUT2D eigenvalue weighted by Crippen LogP contribution is 2.28. The van der Waals surface area contributed by atoms with Crippen LogP contribution >= 0.6 is 0 Å². The predicted octanol–water partition coefficient (Wildman–Crippen LogP) is 0.846. The number of carbonyl (C=O) groups is 2. The van der Waals surface area contributed by atoms with E-state index in [9.17, 15) is 19.2 Å².